The Bertz CT molecular complexity index is 786. The van der Waals surface area contributed by atoms with Crippen LogP contribution in [0.1, 0.15) is 19.2 Å². The largest absolute Gasteiger partial charge is 0.492 e. The minimum absolute atomic E-state index is 0.00839. The van der Waals surface area contributed by atoms with E-state index >= 15 is 0 Å². The van der Waals surface area contributed by atoms with E-state index in [4.69, 9.17) is 40.2 Å². The van der Waals surface area contributed by atoms with Crippen LogP contribution in [0.15, 0.2) is 12.1 Å². The molecule has 1 aromatic carbocycles. The van der Waals surface area contributed by atoms with Gasteiger partial charge >= 0.3 is 6.18 Å². The summed E-state index contributed by atoms with van der Waals surface area (Å²) in [6.07, 6.45) is -3.94. The van der Waals surface area contributed by atoms with Crippen LogP contribution in [0.5, 0.6) is 5.75 Å². The number of benzene rings is 1. The maximum absolute atomic E-state index is 13.2. The lowest BCUT2D eigenvalue weighted by Crippen LogP contribution is -2.14. The Morgan fingerprint density at radius 1 is 1.26 bits per heavy atom. The van der Waals surface area contributed by atoms with E-state index in [0.29, 0.717) is 12.4 Å². The lowest BCUT2D eigenvalue weighted by atomic mass is 10.3. The molecule has 0 spiro atoms. The first-order chi connectivity index (χ1) is 10.7. The number of rotatable bonds is 4. The number of hydrogen-bond donors (Lipinski definition) is 0. The van der Waals surface area contributed by atoms with E-state index in [1.165, 1.54) is 19.2 Å². The molecule has 0 fully saturated rings. The summed E-state index contributed by atoms with van der Waals surface area (Å²) >= 11 is 17.2. The molecule has 0 saturated carbocycles. The molecule has 0 aliphatic heterocycles. The highest BCUT2D eigenvalue weighted by Crippen LogP contribution is 2.37. The van der Waals surface area contributed by atoms with Gasteiger partial charge in [-0.2, -0.15) is 13.2 Å². The van der Waals surface area contributed by atoms with Crippen LogP contribution in [0.3, 0.4) is 0 Å². The molecule has 0 bridgehead atoms. The minimum Gasteiger partial charge on any atom is -0.492 e. The van der Waals surface area contributed by atoms with Crippen molar-refractivity contribution in [3.63, 3.8) is 0 Å². The molecule has 0 amide bonds. The molecule has 4 nitrogen and oxygen atoms in total. The molecule has 0 N–H and O–H groups in total. The molecule has 23 heavy (non-hydrogen) atoms. The summed E-state index contributed by atoms with van der Waals surface area (Å²) in [5, 5.41) is 3.58. The first-order valence-corrected chi connectivity index (χ1v) is 7.68. The molecule has 0 unspecified atom stereocenters. The Kier molecular flexibility index (Phi) is 5.27. The second-order valence-corrected chi connectivity index (χ2v) is 5.83. The van der Waals surface area contributed by atoms with Gasteiger partial charge in [-0.05, 0) is 24.7 Å². The summed E-state index contributed by atoms with van der Waals surface area (Å²) in [4.78, 5) is 0. The van der Waals surface area contributed by atoms with E-state index < -0.39 is 12.0 Å². The van der Waals surface area contributed by atoms with Gasteiger partial charge in [0.15, 0.2) is 0 Å². The molecule has 0 atom stereocenters. The number of aromatic nitrogens is 3. The standard InChI is InChI=1S/C13H12Cl2F3N3OS/c1-3-4-22-10-6-7(14)9(5-8(10)15)21-11(13(16,17)18)19-20(2)12(21)23/h5-6H,3-4H2,1-2H3. The Hall–Kier alpha value is -1.25. The highest BCUT2D eigenvalue weighted by molar-refractivity contribution is 7.71. The molecule has 1 heterocycles. The molecule has 0 aliphatic carbocycles. The highest BCUT2D eigenvalue weighted by atomic mass is 35.5. The van der Waals surface area contributed by atoms with Crippen molar-refractivity contribution in [3.05, 3.63) is 32.8 Å². The second kappa shape index (κ2) is 6.70. The molecule has 1 aromatic heterocycles. The molecule has 2 rings (SSSR count). The van der Waals surface area contributed by atoms with Crippen LogP contribution in [-0.2, 0) is 13.2 Å². The summed E-state index contributed by atoms with van der Waals surface area (Å²) in [5.41, 5.74) is -0.00839. The third-order valence-corrected chi connectivity index (χ3v) is 3.93. The lowest BCUT2D eigenvalue weighted by molar-refractivity contribution is -0.146. The Labute approximate surface area is 145 Å². The third-order valence-electron chi connectivity index (χ3n) is 2.88. The normalized spacial score (nSPS) is 11.8. The monoisotopic (exact) mass is 385 g/mol. The number of aryl methyl sites for hydroxylation is 1. The zero-order valence-electron chi connectivity index (χ0n) is 12.1. The summed E-state index contributed by atoms with van der Waals surface area (Å²) in [6.45, 7) is 2.32. The first-order valence-electron chi connectivity index (χ1n) is 6.52. The van der Waals surface area contributed by atoms with Crippen molar-refractivity contribution in [2.24, 2.45) is 7.05 Å². The summed E-state index contributed by atoms with van der Waals surface area (Å²) in [7, 11) is 1.32. The molecule has 0 aliphatic rings. The maximum Gasteiger partial charge on any atom is 0.452 e. The minimum atomic E-state index is -4.69. The number of ether oxygens (including phenoxy) is 1. The molecule has 2 aromatic rings. The van der Waals surface area contributed by atoms with Gasteiger partial charge in [0, 0.05) is 13.1 Å². The number of alkyl halides is 3. The van der Waals surface area contributed by atoms with E-state index in [-0.39, 0.29) is 20.5 Å². The molecular weight excluding hydrogens is 374 g/mol. The fourth-order valence-corrected chi connectivity index (χ4v) is 2.55. The molecule has 10 heteroatoms. The van der Waals surface area contributed by atoms with Crippen molar-refractivity contribution in [3.8, 4) is 11.4 Å². The van der Waals surface area contributed by atoms with E-state index in [1.54, 1.807) is 0 Å². The predicted molar refractivity (Wildman–Crippen MR) is 84.2 cm³/mol. The number of nitrogens with zero attached hydrogens (tertiary/aromatic N) is 3. The number of hydrogen-bond acceptors (Lipinski definition) is 3. The molecule has 0 saturated heterocycles. The van der Waals surface area contributed by atoms with Crippen molar-refractivity contribution >= 4 is 35.4 Å². The first kappa shape index (κ1) is 18.1. The Morgan fingerprint density at radius 3 is 2.48 bits per heavy atom. The van der Waals surface area contributed by atoms with Gasteiger partial charge in [-0.3, -0.25) is 4.57 Å². The van der Waals surface area contributed by atoms with E-state index in [9.17, 15) is 13.2 Å². The molecular formula is C13H12Cl2F3N3OS. The van der Waals surface area contributed by atoms with Crippen LogP contribution in [0, 0.1) is 4.77 Å². The van der Waals surface area contributed by atoms with Gasteiger partial charge < -0.3 is 4.74 Å². The maximum atomic E-state index is 13.2. The van der Waals surface area contributed by atoms with E-state index in [1.807, 2.05) is 6.92 Å². The van der Waals surface area contributed by atoms with Gasteiger partial charge in [0.05, 0.1) is 22.3 Å². The van der Waals surface area contributed by atoms with E-state index in [0.717, 1.165) is 15.7 Å². The SMILES string of the molecule is CCCOc1cc(Cl)c(-n2c(C(F)(F)F)nn(C)c2=S)cc1Cl. The molecule has 0 radical (unpaired) electrons. The van der Waals surface area contributed by atoms with Crippen molar-refractivity contribution < 1.29 is 17.9 Å². The van der Waals surface area contributed by atoms with Gasteiger partial charge in [0.25, 0.3) is 0 Å². The van der Waals surface area contributed by atoms with Crippen molar-refractivity contribution in [2.45, 2.75) is 19.5 Å². The predicted octanol–water partition coefficient (Wildman–Crippen LogP) is 5.05. The van der Waals surface area contributed by atoms with Gasteiger partial charge in [0.1, 0.15) is 5.75 Å². The van der Waals surface area contributed by atoms with Crippen molar-refractivity contribution in [2.75, 3.05) is 6.61 Å². The van der Waals surface area contributed by atoms with Gasteiger partial charge in [-0.1, -0.05) is 30.1 Å². The van der Waals surface area contributed by atoms with Crippen LogP contribution < -0.4 is 4.74 Å². The van der Waals surface area contributed by atoms with Gasteiger partial charge in [0.2, 0.25) is 10.6 Å². The zero-order chi connectivity index (χ0) is 17.4. The fraction of sp³-hybridized carbons (Fsp3) is 0.385. The lowest BCUT2D eigenvalue weighted by Gasteiger charge is -2.13. The topological polar surface area (TPSA) is 32.0 Å². The third kappa shape index (κ3) is 3.64. The smallest absolute Gasteiger partial charge is 0.452 e. The van der Waals surface area contributed by atoms with Gasteiger partial charge in [-0.15, -0.1) is 5.10 Å². The summed E-state index contributed by atoms with van der Waals surface area (Å²) in [6, 6.07) is 2.64. The average Bonchev–Trinajstić information content (AvgIpc) is 2.75. The van der Waals surface area contributed by atoms with Crippen LogP contribution in [0.2, 0.25) is 10.0 Å². The second-order valence-electron chi connectivity index (χ2n) is 4.65. The quantitative estimate of drug-likeness (QED) is 0.689. The summed E-state index contributed by atoms with van der Waals surface area (Å²) < 4.78 is 46.4. The Balaban J connectivity index is 2.64. The summed E-state index contributed by atoms with van der Waals surface area (Å²) in [5.74, 6) is -0.878. The van der Waals surface area contributed by atoms with E-state index in [2.05, 4.69) is 5.10 Å². The fourth-order valence-electron chi connectivity index (χ4n) is 1.88. The van der Waals surface area contributed by atoms with Gasteiger partial charge in [-0.25, -0.2) is 4.68 Å². The van der Waals surface area contributed by atoms with Crippen molar-refractivity contribution in [1.29, 1.82) is 0 Å². The van der Waals surface area contributed by atoms with Crippen molar-refractivity contribution in [1.82, 2.24) is 14.3 Å². The number of halogens is 5. The zero-order valence-corrected chi connectivity index (χ0v) is 14.4. The Morgan fingerprint density at radius 2 is 1.91 bits per heavy atom. The van der Waals surface area contributed by atoms with Crippen LogP contribution in [0.25, 0.3) is 5.69 Å². The average molecular weight is 386 g/mol. The van der Waals surface area contributed by atoms with Crippen LogP contribution in [-0.4, -0.2) is 21.0 Å². The van der Waals surface area contributed by atoms with Crippen LogP contribution >= 0.6 is 35.4 Å². The van der Waals surface area contributed by atoms with Crippen LogP contribution in [0.4, 0.5) is 13.2 Å². The molecule has 126 valence electrons. The highest BCUT2D eigenvalue weighted by Gasteiger charge is 2.39.